The number of carboxylic acid groups (broad SMARTS) is 1. The fourth-order valence-corrected chi connectivity index (χ4v) is 2.50. The van der Waals surface area contributed by atoms with Gasteiger partial charge in [-0.2, -0.15) is 0 Å². The molecule has 114 valence electrons. The van der Waals surface area contributed by atoms with Crippen molar-refractivity contribution in [2.45, 2.75) is 32.1 Å². The molecule has 0 bridgehead atoms. The Labute approximate surface area is 124 Å². The summed E-state index contributed by atoms with van der Waals surface area (Å²) in [6.45, 7) is 1.43. The lowest BCUT2D eigenvalue weighted by atomic mass is 10.1. The summed E-state index contributed by atoms with van der Waals surface area (Å²) < 4.78 is 5.41. The van der Waals surface area contributed by atoms with Gasteiger partial charge in [0, 0.05) is 13.1 Å². The molecule has 0 atom stereocenters. The fourth-order valence-electron chi connectivity index (χ4n) is 2.50. The first-order valence-electron chi connectivity index (χ1n) is 7.41. The van der Waals surface area contributed by atoms with E-state index < -0.39 is 5.97 Å². The van der Waals surface area contributed by atoms with Crippen LogP contribution in [0.1, 0.15) is 42.5 Å². The van der Waals surface area contributed by atoms with E-state index in [1.807, 2.05) is 4.90 Å². The third-order valence-corrected chi connectivity index (χ3v) is 3.68. The van der Waals surface area contributed by atoms with Gasteiger partial charge in [0.05, 0.1) is 0 Å². The molecule has 1 amide bonds. The molecule has 5 nitrogen and oxygen atoms in total. The van der Waals surface area contributed by atoms with E-state index in [4.69, 9.17) is 9.84 Å². The van der Waals surface area contributed by atoms with Gasteiger partial charge in [0.25, 0.3) is 5.91 Å². The Morgan fingerprint density at radius 2 is 1.67 bits per heavy atom. The summed E-state index contributed by atoms with van der Waals surface area (Å²) in [5.41, 5.74) is 0.0815. The van der Waals surface area contributed by atoms with E-state index in [1.54, 1.807) is 18.2 Å². The number of aromatic carboxylic acids is 1. The molecule has 0 saturated carbocycles. The normalized spacial score (nSPS) is 15.9. The number of benzene rings is 1. The number of amides is 1. The van der Waals surface area contributed by atoms with Crippen molar-refractivity contribution in [3.05, 3.63) is 29.8 Å². The zero-order valence-corrected chi connectivity index (χ0v) is 12.1. The van der Waals surface area contributed by atoms with Crippen molar-refractivity contribution < 1.29 is 19.4 Å². The minimum absolute atomic E-state index is 0.0721. The maximum atomic E-state index is 12.2. The lowest BCUT2D eigenvalue weighted by molar-refractivity contribution is -0.133. The Bertz CT molecular complexity index is 493. The van der Waals surface area contributed by atoms with Gasteiger partial charge in [0.1, 0.15) is 11.3 Å². The van der Waals surface area contributed by atoms with Crippen LogP contribution in [0, 0.1) is 0 Å². The van der Waals surface area contributed by atoms with Gasteiger partial charge < -0.3 is 14.7 Å². The molecule has 1 aromatic carbocycles. The first-order chi connectivity index (χ1) is 10.2. The molecule has 1 N–H and O–H groups in total. The summed E-state index contributed by atoms with van der Waals surface area (Å²) in [5.74, 6) is -0.883. The Balaban J connectivity index is 1.92. The van der Waals surface area contributed by atoms with Gasteiger partial charge in [-0.3, -0.25) is 4.79 Å². The Kier molecular flexibility index (Phi) is 5.60. The molecule has 0 spiro atoms. The van der Waals surface area contributed by atoms with Crippen LogP contribution < -0.4 is 4.74 Å². The quantitative estimate of drug-likeness (QED) is 0.925. The van der Waals surface area contributed by atoms with E-state index in [0.717, 1.165) is 38.8 Å². The zero-order chi connectivity index (χ0) is 15.1. The van der Waals surface area contributed by atoms with E-state index in [9.17, 15) is 9.59 Å². The summed E-state index contributed by atoms with van der Waals surface area (Å²) in [5, 5.41) is 9.07. The van der Waals surface area contributed by atoms with Crippen LogP contribution in [0.4, 0.5) is 0 Å². The first kappa shape index (κ1) is 15.4. The predicted molar refractivity (Wildman–Crippen MR) is 78.6 cm³/mol. The van der Waals surface area contributed by atoms with Crippen LogP contribution in [0.25, 0.3) is 0 Å². The minimum Gasteiger partial charge on any atom is -0.483 e. The first-order valence-corrected chi connectivity index (χ1v) is 7.41. The molecule has 1 aromatic rings. The van der Waals surface area contributed by atoms with Crippen LogP contribution in [0.2, 0.25) is 0 Å². The van der Waals surface area contributed by atoms with E-state index in [-0.39, 0.29) is 23.8 Å². The van der Waals surface area contributed by atoms with Crippen molar-refractivity contribution in [3.63, 3.8) is 0 Å². The van der Waals surface area contributed by atoms with Crippen molar-refractivity contribution in [2.24, 2.45) is 0 Å². The Morgan fingerprint density at radius 1 is 1.05 bits per heavy atom. The van der Waals surface area contributed by atoms with Crippen molar-refractivity contribution in [3.8, 4) is 5.75 Å². The van der Waals surface area contributed by atoms with Gasteiger partial charge >= 0.3 is 5.97 Å². The molecule has 0 radical (unpaired) electrons. The van der Waals surface area contributed by atoms with Crippen LogP contribution in [-0.4, -0.2) is 41.6 Å². The van der Waals surface area contributed by atoms with Gasteiger partial charge in [0.2, 0.25) is 0 Å². The standard InChI is InChI=1S/C16H21NO4/c18-15(17-10-6-2-1-3-7-11-17)12-21-14-9-5-4-8-13(14)16(19)20/h4-5,8-9H,1-3,6-7,10-12H2,(H,19,20). The SMILES string of the molecule is O=C(O)c1ccccc1OCC(=O)N1CCCCCCC1. The zero-order valence-electron chi connectivity index (χ0n) is 12.1. The number of nitrogens with zero attached hydrogens (tertiary/aromatic N) is 1. The van der Waals surface area contributed by atoms with E-state index in [2.05, 4.69) is 0 Å². The number of carbonyl (C=O) groups is 2. The minimum atomic E-state index is -1.05. The van der Waals surface area contributed by atoms with Crippen molar-refractivity contribution in [1.82, 2.24) is 4.90 Å². The second-order valence-electron chi connectivity index (χ2n) is 5.24. The van der Waals surface area contributed by atoms with E-state index in [0.29, 0.717) is 0 Å². The molecule has 5 heteroatoms. The Morgan fingerprint density at radius 3 is 2.33 bits per heavy atom. The van der Waals surface area contributed by atoms with Crippen molar-refractivity contribution >= 4 is 11.9 Å². The molecule has 0 aromatic heterocycles. The molecular formula is C16H21NO4. The number of rotatable bonds is 4. The summed E-state index contributed by atoms with van der Waals surface area (Å²) in [7, 11) is 0. The molecule has 1 fully saturated rings. The number of carbonyl (C=O) groups excluding carboxylic acids is 1. The van der Waals surface area contributed by atoms with Gasteiger partial charge in [0.15, 0.2) is 6.61 Å². The smallest absolute Gasteiger partial charge is 0.339 e. The highest BCUT2D eigenvalue weighted by Crippen LogP contribution is 2.18. The second kappa shape index (κ2) is 7.67. The summed E-state index contributed by atoms with van der Waals surface area (Å²) in [6, 6.07) is 6.38. The highest BCUT2D eigenvalue weighted by Gasteiger charge is 2.17. The molecule has 0 aliphatic carbocycles. The summed E-state index contributed by atoms with van der Waals surface area (Å²) >= 11 is 0. The van der Waals surface area contributed by atoms with Crippen LogP contribution in [0.3, 0.4) is 0 Å². The maximum absolute atomic E-state index is 12.2. The molecule has 1 aliphatic heterocycles. The molecule has 2 rings (SSSR count). The number of likely N-dealkylation sites (tertiary alicyclic amines) is 1. The van der Waals surface area contributed by atoms with Gasteiger partial charge in [-0.15, -0.1) is 0 Å². The van der Waals surface area contributed by atoms with Crippen LogP contribution in [-0.2, 0) is 4.79 Å². The van der Waals surface area contributed by atoms with Gasteiger partial charge in [-0.1, -0.05) is 31.4 Å². The summed E-state index contributed by atoms with van der Waals surface area (Å²) in [6.07, 6.45) is 5.61. The second-order valence-corrected chi connectivity index (χ2v) is 5.24. The Hall–Kier alpha value is -2.04. The number of carboxylic acids is 1. The number of para-hydroxylation sites is 1. The average molecular weight is 291 g/mol. The fraction of sp³-hybridized carbons (Fsp3) is 0.500. The van der Waals surface area contributed by atoms with E-state index >= 15 is 0 Å². The lowest BCUT2D eigenvalue weighted by Gasteiger charge is -2.24. The van der Waals surface area contributed by atoms with Crippen molar-refractivity contribution in [1.29, 1.82) is 0 Å². The number of ether oxygens (including phenoxy) is 1. The lowest BCUT2D eigenvalue weighted by Crippen LogP contribution is -2.37. The topological polar surface area (TPSA) is 66.8 Å². The van der Waals surface area contributed by atoms with Gasteiger partial charge in [-0.05, 0) is 25.0 Å². The van der Waals surface area contributed by atoms with Crippen LogP contribution >= 0.6 is 0 Å². The number of hydrogen-bond donors (Lipinski definition) is 1. The molecular weight excluding hydrogens is 270 g/mol. The monoisotopic (exact) mass is 291 g/mol. The predicted octanol–water partition coefficient (Wildman–Crippen LogP) is 2.56. The maximum Gasteiger partial charge on any atom is 0.339 e. The van der Waals surface area contributed by atoms with Crippen molar-refractivity contribution in [2.75, 3.05) is 19.7 Å². The average Bonchev–Trinajstić information content (AvgIpc) is 2.44. The third kappa shape index (κ3) is 4.48. The number of hydrogen-bond acceptors (Lipinski definition) is 3. The highest BCUT2D eigenvalue weighted by atomic mass is 16.5. The van der Waals surface area contributed by atoms with E-state index in [1.165, 1.54) is 12.5 Å². The molecule has 1 heterocycles. The highest BCUT2D eigenvalue weighted by molar-refractivity contribution is 5.91. The molecule has 21 heavy (non-hydrogen) atoms. The molecule has 0 unspecified atom stereocenters. The summed E-state index contributed by atoms with van der Waals surface area (Å²) in [4.78, 5) is 25.1. The molecule has 1 saturated heterocycles. The third-order valence-electron chi connectivity index (χ3n) is 3.68. The van der Waals surface area contributed by atoms with Gasteiger partial charge in [-0.25, -0.2) is 4.79 Å². The largest absolute Gasteiger partial charge is 0.483 e. The van der Waals surface area contributed by atoms with Crippen LogP contribution in [0.5, 0.6) is 5.75 Å². The molecule has 1 aliphatic rings. The van der Waals surface area contributed by atoms with Crippen LogP contribution in [0.15, 0.2) is 24.3 Å².